The van der Waals surface area contributed by atoms with Crippen molar-refractivity contribution in [3.05, 3.63) is 69.7 Å². The third kappa shape index (κ3) is 3.88. The van der Waals surface area contributed by atoms with Crippen molar-refractivity contribution < 1.29 is 4.79 Å². The topological polar surface area (TPSA) is 46.9 Å². The molecule has 0 aliphatic heterocycles. The fourth-order valence-corrected chi connectivity index (χ4v) is 4.12. The van der Waals surface area contributed by atoms with Gasteiger partial charge in [-0.3, -0.25) is 4.79 Å². The quantitative estimate of drug-likeness (QED) is 0.692. The Morgan fingerprint density at radius 3 is 2.50 bits per heavy atom. The van der Waals surface area contributed by atoms with Crippen molar-refractivity contribution in [3.63, 3.8) is 0 Å². The van der Waals surface area contributed by atoms with E-state index in [0.717, 1.165) is 22.6 Å². The zero-order valence-corrected chi connectivity index (χ0v) is 16.5. The standard InChI is InChI=1S/C21H25N3OS/c1-14(2)21(19-11-8-12-26-19)22-20(25)13-18-15(3)23-24(16(18)4)17-9-6-5-7-10-17/h5-12,14,21H,13H2,1-4H3,(H,22,25)/t21-/m1/s1. The van der Waals surface area contributed by atoms with Gasteiger partial charge in [-0.1, -0.05) is 38.1 Å². The molecular formula is C21H25N3OS. The minimum absolute atomic E-state index is 0.0379. The Balaban J connectivity index is 1.78. The minimum atomic E-state index is 0.0379. The van der Waals surface area contributed by atoms with Gasteiger partial charge in [0.1, 0.15) is 0 Å². The summed E-state index contributed by atoms with van der Waals surface area (Å²) in [6.45, 7) is 8.26. The number of hydrogen-bond acceptors (Lipinski definition) is 3. The molecule has 3 rings (SSSR count). The molecule has 2 aromatic heterocycles. The normalized spacial score (nSPS) is 12.3. The zero-order valence-electron chi connectivity index (χ0n) is 15.7. The number of aryl methyl sites for hydroxylation is 1. The molecule has 26 heavy (non-hydrogen) atoms. The van der Waals surface area contributed by atoms with Crippen LogP contribution < -0.4 is 5.32 Å². The number of aromatic nitrogens is 2. The Morgan fingerprint density at radius 2 is 1.88 bits per heavy atom. The highest BCUT2D eigenvalue weighted by Gasteiger charge is 2.21. The maximum absolute atomic E-state index is 12.7. The lowest BCUT2D eigenvalue weighted by Gasteiger charge is -2.21. The van der Waals surface area contributed by atoms with Gasteiger partial charge >= 0.3 is 0 Å². The summed E-state index contributed by atoms with van der Waals surface area (Å²) in [5.41, 5.74) is 3.93. The van der Waals surface area contributed by atoms with E-state index in [2.05, 4.69) is 35.7 Å². The molecule has 0 bridgehead atoms. The summed E-state index contributed by atoms with van der Waals surface area (Å²) in [7, 11) is 0. The molecule has 0 spiro atoms. The van der Waals surface area contributed by atoms with Crippen molar-refractivity contribution in [2.45, 2.75) is 40.2 Å². The van der Waals surface area contributed by atoms with E-state index in [-0.39, 0.29) is 11.9 Å². The Kier molecular flexibility index (Phi) is 5.57. The van der Waals surface area contributed by atoms with Crippen LogP contribution in [0.3, 0.4) is 0 Å². The average molecular weight is 368 g/mol. The number of benzene rings is 1. The SMILES string of the molecule is Cc1nn(-c2ccccc2)c(C)c1CC(=O)N[C@@H](c1cccs1)C(C)C. The molecule has 2 heterocycles. The van der Waals surface area contributed by atoms with Crippen molar-refractivity contribution >= 4 is 17.2 Å². The number of nitrogens with zero attached hydrogens (tertiary/aromatic N) is 2. The van der Waals surface area contributed by atoms with Crippen LogP contribution in [0, 0.1) is 19.8 Å². The van der Waals surface area contributed by atoms with Crippen LogP contribution in [0.2, 0.25) is 0 Å². The van der Waals surface area contributed by atoms with E-state index in [1.165, 1.54) is 4.88 Å². The zero-order chi connectivity index (χ0) is 18.7. The minimum Gasteiger partial charge on any atom is -0.348 e. The number of rotatable bonds is 6. The summed E-state index contributed by atoms with van der Waals surface area (Å²) < 4.78 is 1.91. The molecule has 1 aromatic carbocycles. The first kappa shape index (κ1) is 18.4. The van der Waals surface area contributed by atoms with Gasteiger partial charge in [0, 0.05) is 16.1 Å². The number of carbonyl (C=O) groups excluding carboxylic acids is 1. The largest absolute Gasteiger partial charge is 0.348 e. The Labute approximate surface area is 158 Å². The van der Waals surface area contributed by atoms with Crippen LogP contribution >= 0.6 is 11.3 Å². The number of nitrogens with one attached hydrogen (secondary N) is 1. The average Bonchev–Trinajstić information content (AvgIpc) is 3.24. The lowest BCUT2D eigenvalue weighted by Crippen LogP contribution is -2.32. The van der Waals surface area contributed by atoms with Gasteiger partial charge in [-0.15, -0.1) is 11.3 Å². The van der Waals surface area contributed by atoms with Crippen LogP contribution in [-0.4, -0.2) is 15.7 Å². The third-order valence-electron chi connectivity index (χ3n) is 4.61. The second kappa shape index (κ2) is 7.87. The number of thiophene rings is 1. The van der Waals surface area contributed by atoms with Crippen molar-refractivity contribution in [3.8, 4) is 5.69 Å². The van der Waals surface area contributed by atoms with Crippen LogP contribution in [0.1, 0.15) is 41.7 Å². The highest BCUT2D eigenvalue weighted by molar-refractivity contribution is 7.10. The molecule has 0 aliphatic carbocycles. The Morgan fingerprint density at radius 1 is 1.15 bits per heavy atom. The predicted octanol–water partition coefficient (Wildman–Crippen LogP) is 4.61. The molecule has 0 unspecified atom stereocenters. The van der Waals surface area contributed by atoms with E-state index in [9.17, 15) is 4.79 Å². The maximum Gasteiger partial charge on any atom is 0.225 e. The molecule has 1 atom stereocenters. The molecule has 5 heteroatoms. The molecule has 136 valence electrons. The fourth-order valence-electron chi connectivity index (χ4n) is 3.17. The van der Waals surface area contributed by atoms with Gasteiger partial charge in [-0.05, 0) is 43.3 Å². The first-order chi connectivity index (χ1) is 12.5. The second-order valence-electron chi connectivity index (χ2n) is 6.88. The monoisotopic (exact) mass is 367 g/mol. The number of para-hydroxylation sites is 1. The van der Waals surface area contributed by atoms with Crippen LogP contribution in [0.25, 0.3) is 5.69 Å². The van der Waals surface area contributed by atoms with Gasteiger partial charge in [0.05, 0.1) is 23.8 Å². The van der Waals surface area contributed by atoms with E-state index in [0.29, 0.717) is 12.3 Å². The van der Waals surface area contributed by atoms with Gasteiger partial charge < -0.3 is 5.32 Å². The smallest absolute Gasteiger partial charge is 0.225 e. The predicted molar refractivity (Wildman–Crippen MR) is 107 cm³/mol. The van der Waals surface area contributed by atoms with Gasteiger partial charge in [0.2, 0.25) is 5.91 Å². The van der Waals surface area contributed by atoms with Gasteiger partial charge in [0.25, 0.3) is 0 Å². The molecular weight excluding hydrogens is 342 g/mol. The van der Waals surface area contributed by atoms with Gasteiger partial charge in [0.15, 0.2) is 0 Å². The summed E-state index contributed by atoms with van der Waals surface area (Å²) in [6, 6.07) is 14.2. The first-order valence-electron chi connectivity index (χ1n) is 8.90. The van der Waals surface area contributed by atoms with E-state index >= 15 is 0 Å². The molecule has 3 aromatic rings. The molecule has 0 aliphatic rings. The molecule has 1 N–H and O–H groups in total. The van der Waals surface area contributed by atoms with E-state index in [4.69, 9.17) is 0 Å². The fraction of sp³-hybridized carbons (Fsp3) is 0.333. The summed E-state index contributed by atoms with van der Waals surface area (Å²) in [5.74, 6) is 0.378. The van der Waals surface area contributed by atoms with Crippen LogP contribution in [0.5, 0.6) is 0 Å². The summed E-state index contributed by atoms with van der Waals surface area (Å²) >= 11 is 1.68. The summed E-state index contributed by atoms with van der Waals surface area (Å²) in [6.07, 6.45) is 0.346. The van der Waals surface area contributed by atoms with Gasteiger partial charge in [-0.2, -0.15) is 5.10 Å². The maximum atomic E-state index is 12.7. The lowest BCUT2D eigenvalue weighted by molar-refractivity contribution is -0.121. The Hall–Kier alpha value is -2.40. The molecule has 1 amide bonds. The molecule has 0 fully saturated rings. The number of carbonyl (C=O) groups is 1. The number of hydrogen-bond donors (Lipinski definition) is 1. The Bertz CT molecular complexity index is 866. The van der Waals surface area contributed by atoms with Crippen LogP contribution in [-0.2, 0) is 11.2 Å². The van der Waals surface area contributed by atoms with E-state index in [1.807, 2.05) is 54.9 Å². The van der Waals surface area contributed by atoms with Crippen molar-refractivity contribution in [1.82, 2.24) is 15.1 Å². The molecule has 0 saturated carbocycles. The molecule has 0 radical (unpaired) electrons. The van der Waals surface area contributed by atoms with Gasteiger partial charge in [-0.25, -0.2) is 4.68 Å². The second-order valence-corrected chi connectivity index (χ2v) is 7.86. The highest BCUT2D eigenvalue weighted by atomic mass is 32.1. The summed E-state index contributed by atoms with van der Waals surface area (Å²) in [5, 5.41) is 9.89. The third-order valence-corrected chi connectivity index (χ3v) is 5.57. The summed E-state index contributed by atoms with van der Waals surface area (Å²) in [4.78, 5) is 13.9. The first-order valence-corrected chi connectivity index (χ1v) is 9.78. The molecule has 0 saturated heterocycles. The van der Waals surface area contributed by atoms with Crippen molar-refractivity contribution in [1.29, 1.82) is 0 Å². The molecule has 4 nitrogen and oxygen atoms in total. The van der Waals surface area contributed by atoms with Crippen LogP contribution in [0.4, 0.5) is 0 Å². The van der Waals surface area contributed by atoms with E-state index in [1.54, 1.807) is 11.3 Å². The van der Waals surface area contributed by atoms with Crippen molar-refractivity contribution in [2.24, 2.45) is 5.92 Å². The number of amides is 1. The lowest BCUT2D eigenvalue weighted by atomic mass is 10.0. The van der Waals surface area contributed by atoms with Crippen LogP contribution in [0.15, 0.2) is 47.8 Å². The van der Waals surface area contributed by atoms with E-state index < -0.39 is 0 Å². The highest BCUT2D eigenvalue weighted by Crippen LogP contribution is 2.26. The van der Waals surface area contributed by atoms with Crippen molar-refractivity contribution in [2.75, 3.05) is 0 Å².